The molecule has 0 saturated heterocycles. The van der Waals surface area contributed by atoms with E-state index < -0.39 is 17.4 Å². The maximum absolute atomic E-state index is 12.5. The summed E-state index contributed by atoms with van der Waals surface area (Å²) < 4.78 is 11.0. The van der Waals surface area contributed by atoms with Crippen LogP contribution in [0.25, 0.3) is 0 Å². The summed E-state index contributed by atoms with van der Waals surface area (Å²) in [6.45, 7) is 3.39. The Labute approximate surface area is 126 Å². The first-order valence-electron chi connectivity index (χ1n) is 8.12. The molecule has 2 aliphatic rings. The number of carbonyl (C=O) groups excluding carboxylic acids is 2. The molecule has 4 nitrogen and oxygen atoms in total. The van der Waals surface area contributed by atoms with E-state index in [0.717, 1.165) is 51.4 Å². The second kappa shape index (κ2) is 7.10. The summed E-state index contributed by atoms with van der Waals surface area (Å²) >= 11 is 0. The van der Waals surface area contributed by atoms with Crippen molar-refractivity contribution < 1.29 is 19.1 Å². The van der Waals surface area contributed by atoms with Crippen LogP contribution < -0.4 is 0 Å². The Hall–Kier alpha value is -1.32. The fourth-order valence-corrected chi connectivity index (χ4v) is 3.11. The maximum atomic E-state index is 12.5. The molecule has 0 bridgehead atoms. The number of hydrogen-bond donors (Lipinski definition) is 0. The lowest BCUT2D eigenvalue weighted by Gasteiger charge is -2.25. The molecule has 0 aliphatic heterocycles. The first-order chi connectivity index (χ1) is 10.1. The number of esters is 2. The van der Waals surface area contributed by atoms with E-state index in [1.165, 1.54) is 0 Å². The van der Waals surface area contributed by atoms with Crippen LogP contribution in [0.2, 0.25) is 0 Å². The van der Waals surface area contributed by atoms with Crippen LogP contribution in [0.15, 0.2) is 12.2 Å². The molecule has 4 heteroatoms. The van der Waals surface area contributed by atoms with Crippen molar-refractivity contribution in [3.8, 4) is 0 Å². The number of hydrogen-bond acceptors (Lipinski definition) is 4. The summed E-state index contributed by atoms with van der Waals surface area (Å²) in [5.41, 5.74) is -1.32. The van der Waals surface area contributed by atoms with Gasteiger partial charge in [0.2, 0.25) is 0 Å². The monoisotopic (exact) mass is 294 g/mol. The molecular formula is C17H26O4. The van der Waals surface area contributed by atoms with Crippen molar-refractivity contribution in [1.82, 2.24) is 0 Å². The zero-order valence-electron chi connectivity index (χ0n) is 13.1. The van der Waals surface area contributed by atoms with Crippen molar-refractivity contribution in [2.75, 3.05) is 0 Å². The van der Waals surface area contributed by atoms with Gasteiger partial charge in [-0.15, -0.1) is 0 Å². The summed E-state index contributed by atoms with van der Waals surface area (Å²) in [5.74, 6) is -0.953. The summed E-state index contributed by atoms with van der Waals surface area (Å²) in [6.07, 6.45) is 11.2. The van der Waals surface area contributed by atoms with E-state index in [2.05, 4.69) is 0 Å². The molecule has 0 atom stereocenters. The van der Waals surface area contributed by atoms with Crippen LogP contribution in [0, 0.1) is 5.41 Å². The molecule has 0 aromatic heterocycles. The minimum Gasteiger partial charge on any atom is -0.461 e. The zero-order chi connectivity index (χ0) is 15.3. The van der Waals surface area contributed by atoms with Crippen molar-refractivity contribution in [2.45, 2.75) is 77.4 Å². The van der Waals surface area contributed by atoms with Crippen molar-refractivity contribution in [2.24, 2.45) is 5.41 Å². The van der Waals surface area contributed by atoms with E-state index in [1.54, 1.807) is 26.0 Å². The topological polar surface area (TPSA) is 52.6 Å². The van der Waals surface area contributed by atoms with E-state index in [4.69, 9.17) is 9.47 Å². The maximum Gasteiger partial charge on any atom is 0.327 e. The Morgan fingerprint density at radius 2 is 1.29 bits per heavy atom. The normalized spacial score (nSPS) is 21.0. The van der Waals surface area contributed by atoms with E-state index >= 15 is 0 Å². The third kappa shape index (κ3) is 3.86. The highest BCUT2D eigenvalue weighted by Crippen LogP contribution is 2.30. The SMILES string of the molecule is CC=CC(C)(C(=O)OC1CCCC1)C(=O)OC1CCCC1. The molecular weight excluding hydrogens is 268 g/mol. The third-order valence-corrected chi connectivity index (χ3v) is 4.50. The molecule has 21 heavy (non-hydrogen) atoms. The predicted octanol–water partition coefficient (Wildman–Crippen LogP) is 3.54. The summed E-state index contributed by atoms with van der Waals surface area (Å²) in [6, 6.07) is 0. The van der Waals surface area contributed by atoms with Crippen LogP contribution in [-0.2, 0) is 19.1 Å². The number of carbonyl (C=O) groups is 2. The minimum atomic E-state index is -1.32. The van der Waals surface area contributed by atoms with Gasteiger partial charge in [0.05, 0.1) is 0 Å². The fourth-order valence-electron chi connectivity index (χ4n) is 3.11. The smallest absolute Gasteiger partial charge is 0.327 e. The highest BCUT2D eigenvalue weighted by Gasteiger charge is 2.44. The molecule has 118 valence electrons. The predicted molar refractivity (Wildman–Crippen MR) is 79.6 cm³/mol. The molecule has 0 N–H and O–H groups in total. The van der Waals surface area contributed by atoms with Gasteiger partial charge in [-0.2, -0.15) is 0 Å². The van der Waals surface area contributed by atoms with E-state index in [0.29, 0.717) is 0 Å². The van der Waals surface area contributed by atoms with Crippen molar-refractivity contribution >= 4 is 11.9 Å². The van der Waals surface area contributed by atoms with Crippen LogP contribution in [0.3, 0.4) is 0 Å². The molecule has 2 rings (SSSR count). The zero-order valence-corrected chi connectivity index (χ0v) is 13.1. The van der Waals surface area contributed by atoms with E-state index in [9.17, 15) is 9.59 Å². The van der Waals surface area contributed by atoms with Gasteiger partial charge in [0, 0.05) is 0 Å². The van der Waals surface area contributed by atoms with Crippen LogP contribution in [0.4, 0.5) is 0 Å². The molecule has 0 spiro atoms. The highest BCUT2D eigenvalue weighted by atomic mass is 16.6. The van der Waals surface area contributed by atoms with Crippen LogP contribution in [-0.4, -0.2) is 24.1 Å². The van der Waals surface area contributed by atoms with Gasteiger partial charge >= 0.3 is 11.9 Å². The van der Waals surface area contributed by atoms with Gasteiger partial charge in [-0.1, -0.05) is 12.2 Å². The average Bonchev–Trinajstić information content (AvgIpc) is 3.12. The molecule has 2 fully saturated rings. The molecule has 2 aliphatic carbocycles. The molecule has 0 aromatic rings. The molecule has 0 unspecified atom stereocenters. The lowest BCUT2D eigenvalue weighted by atomic mass is 9.90. The van der Waals surface area contributed by atoms with Crippen LogP contribution >= 0.6 is 0 Å². The van der Waals surface area contributed by atoms with Gasteiger partial charge < -0.3 is 9.47 Å². The molecule has 2 saturated carbocycles. The fraction of sp³-hybridized carbons (Fsp3) is 0.765. The van der Waals surface area contributed by atoms with Crippen molar-refractivity contribution in [3.63, 3.8) is 0 Å². The third-order valence-electron chi connectivity index (χ3n) is 4.50. The number of ether oxygens (including phenoxy) is 2. The summed E-state index contributed by atoms with van der Waals surface area (Å²) in [5, 5.41) is 0. The number of allylic oxidation sites excluding steroid dienone is 1. The number of rotatable bonds is 5. The van der Waals surface area contributed by atoms with Crippen LogP contribution in [0.5, 0.6) is 0 Å². The quantitative estimate of drug-likeness (QED) is 0.442. The largest absolute Gasteiger partial charge is 0.461 e. The Morgan fingerprint density at radius 3 is 1.62 bits per heavy atom. The first-order valence-corrected chi connectivity index (χ1v) is 8.12. The molecule has 0 amide bonds. The standard InChI is InChI=1S/C17H26O4/c1-3-12-17(2,15(18)20-13-8-4-5-9-13)16(19)21-14-10-6-7-11-14/h3,12-14H,4-11H2,1-2H3. The van der Waals surface area contributed by atoms with Gasteiger partial charge in [-0.05, 0) is 65.2 Å². The Balaban J connectivity index is 2.02. The second-order valence-electron chi connectivity index (χ2n) is 6.33. The van der Waals surface area contributed by atoms with Gasteiger partial charge in [0.25, 0.3) is 0 Å². The summed E-state index contributed by atoms with van der Waals surface area (Å²) in [4.78, 5) is 24.9. The lowest BCUT2D eigenvalue weighted by Crippen LogP contribution is -2.40. The van der Waals surface area contributed by atoms with Gasteiger partial charge in [0.1, 0.15) is 12.2 Å². The van der Waals surface area contributed by atoms with Crippen LogP contribution in [0.1, 0.15) is 65.2 Å². The first kappa shape index (κ1) is 16.1. The lowest BCUT2D eigenvalue weighted by molar-refractivity contribution is -0.173. The van der Waals surface area contributed by atoms with E-state index in [-0.39, 0.29) is 12.2 Å². The van der Waals surface area contributed by atoms with E-state index in [1.807, 2.05) is 0 Å². The van der Waals surface area contributed by atoms with Gasteiger partial charge in [-0.25, -0.2) is 0 Å². The molecule has 0 heterocycles. The van der Waals surface area contributed by atoms with Gasteiger partial charge in [0.15, 0.2) is 5.41 Å². The van der Waals surface area contributed by atoms with Crippen molar-refractivity contribution in [1.29, 1.82) is 0 Å². The Morgan fingerprint density at radius 1 is 0.905 bits per heavy atom. The minimum absolute atomic E-state index is 0.0404. The molecule has 0 radical (unpaired) electrons. The highest BCUT2D eigenvalue weighted by molar-refractivity contribution is 6.02. The Kier molecular flexibility index (Phi) is 5.43. The average molecular weight is 294 g/mol. The Bertz CT molecular complexity index is 371. The summed E-state index contributed by atoms with van der Waals surface area (Å²) in [7, 11) is 0. The second-order valence-corrected chi connectivity index (χ2v) is 6.33. The van der Waals surface area contributed by atoms with Crippen molar-refractivity contribution in [3.05, 3.63) is 12.2 Å². The molecule has 0 aromatic carbocycles. The van der Waals surface area contributed by atoms with Gasteiger partial charge in [-0.3, -0.25) is 9.59 Å².